The van der Waals surface area contributed by atoms with E-state index in [4.69, 9.17) is 0 Å². The summed E-state index contributed by atoms with van der Waals surface area (Å²) in [5.74, 6) is -0.412. The molecular formula is C22H26FN7O3. The summed E-state index contributed by atoms with van der Waals surface area (Å²) in [4.78, 5) is 33.9. The van der Waals surface area contributed by atoms with Crippen LogP contribution < -0.4 is 0 Å². The van der Waals surface area contributed by atoms with Gasteiger partial charge in [0, 0.05) is 45.0 Å². The van der Waals surface area contributed by atoms with Crippen molar-refractivity contribution in [2.75, 3.05) is 26.2 Å². The maximum Gasteiger partial charge on any atom is 0.274 e. The third-order valence-electron chi connectivity index (χ3n) is 6.48. The molecule has 3 aromatic rings. The number of rotatable bonds is 3. The molecule has 0 spiro atoms. The minimum Gasteiger partial charge on any atom is -0.393 e. The lowest BCUT2D eigenvalue weighted by Gasteiger charge is -2.22. The fraction of sp³-hybridized carbons (Fsp3) is 0.500. The summed E-state index contributed by atoms with van der Waals surface area (Å²) in [6.07, 6.45) is 6.43. The van der Waals surface area contributed by atoms with Crippen molar-refractivity contribution in [2.24, 2.45) is 0 Å². The number of hydrogen-bond acceptors (Lipinski definition) is 6. The second-order valence-corrected chi connectivity index (χ2v) is 8.73. The number of hydrogen-bond donors (Lipinski definition) is 1. The highest BCUT2D eigenvalue weighted by Crippen LogP contribution is 2.27. The van der Waals surface area contributed by atoms with Gasteiger partial charge in [-0.2, -0.15) is 10.2 Å². The highest BCUT2D eigenvalue weighted by Gasteiger charge is 2.34. The van der Waals surface area contributed by atoms with Gasteiger partial charge in [0.25, 0.3) is 11.8 Å². The van der Waals surface area contributed by atoms with E-state index in [1.165, 1.54) is 6.20 Å². The first-order chi connectivity index (χ1) is 16.0. The van der Waals surface area contributed by atoms with Crippen LogP contribution in [-0.2, 0) is 13.1 Å². The lowest BCUT2D eigenvalue weighted by atomic mass is 9.98. The summed E-state index contributed by atoms with van der Waals surface area (Å²) in [5.41, 5.74) is 0.381. The number of fused-ring (bicyclic) bond motifs is 2. The average molecular weight is 455 g/mol. The van der Waals surface area contributed by atoms with Gasteiger partial charge in [-0.25, -0.2) is 13.9 Å². The van der Waals surface area contributed by atoms with Gasteiger partial charge in [-0.15, -0.1) is 0 Å². The fourth-order valence-electron chi connectivity index (χ4n) is 4.57. The number of aromatic nitrogens is 5. The van der Waals surface area contributed by atoms with Gasteiger partial charge in [-0.3, -0.25) is 14.3 Å². The van der Waals surface area contributed by atoms with Crippen LogP contribution in [0.4, 0.5) is 4.39 Å². The number of halogens is 1. The van der Waals surface area contributed by atoms with Crippen molar-refractivity contribution in [3.05, 3.63) is 47.7 Å². The van der Waals surface area contributed by atoms with Gasteiger partial charge in [-0.05, 0) is 31.4 Å². The predicted octanol–water partition coefficient (Wildman–Crippen LogP) is 1.30. The van der Waals surface area contributed by atoms with Crippen LogP contribution in [0.3, 0.4) is 0 Å². The van der Waals surface area contributed by atoms with Crippen LogP contribution in [0.2, 0.25) is 0 Å². The van der Waals surface area contributed by atoms with Gasteiger partial charge >= 0.3 is 0 Å². The van der Waals surface area contributed by atoms with Crippen LogP contribution >= 0.6 is 0 Å². The van der Waals surface area contributed by atoms with E-state index in [2.05, 4.69) is 15.2 Å². The Morgan fingerprint density at radius 3 is 2.79 bits per heavy atom. The molecule has 174 valence electrons. The van der Waals surface area contributed by atoms with E-state index in [1.807, 2.05) is 0 Å². The number of amides is 2. The number of alkyl halides is 1. The fourth-order valence-corrected chi connectivity index (χ4v) is 4.57. The maximum atomic E-state index is 14.5. The van der Waals surface area contributed by atoms with E-state index >= 15 is 0 Å². The van der Waals surface area contributed by atoms with Crippen molar-refractivity contribution in [2.45, 2.75) is 44.4 Å². The molecule has 11 heteroatoms. The van der Waals surface area contributed by atoms with Crippen LogP contribution in [0.1, 0.15) is 52.2 Å². The Balaban J connectivity index is 1.33. The van der Waals surface area contributed by atoms with Crippen molar-refractivity contribution in [1.82, 2.24) is 34.2 Å². The SMILES string of the molecule is O=C(c1cc2n(n1)CCCN(C(=O)c1cnn3cccnc13)C2)N1CCCC(F)(CO)CC1. The third kappa shape index (κ3) is 4.08. The van der Waals surface area contributed by atoms with Gasteiger partial charge in [0.1, 0.15) is 11.2 Å². The number of aliphatic hydroxyl groups is 1. The van der Waals surface area contributed by atoms with Gasteiger partial charge in [-0.1, -0.05) is 0 Å². The molecule has 5 rings (SSSR count). The molecule has 0 radical (unpaired) electrons. The highest BCUT2D eigenvalue weighted by molar-refractivity contribution is 5.99. The monoisotopic (exact) mass is 455 g/mol. The molecular weight excluding hydrogens is 429 g/mol. The molecule has 1 fully saturated rings. The molecule has 1 N–H and O–H groups in total. The van der Waals surface area contributed by atoms with Crippen LogP contribution in [0.15, 0.2) is 30.7 Å². The molecule has 0 bridgehead atoms. The zero-order chi connectivity index (χ0) is 23.0. The van der Waals surface area contributed by atoms with Crippen LogP contribution in [0.25, 0.3) is 5.65 Å². The normalized spacial score (nSPS) is 21.5. The van der Waals surface area contributed by atoms with E-state index in [0.717, 1.165) is 5.69 Å². The first-order valence-corrected chi connectivity index (χ1v) is 11.2. The quantitative estimate of drug-likeness (QED) is 0.638. The molecule has 3 aromatic heterocycles. The van der Waals surface area contributed by atoms with Crippen molar-refractivity contribution in [3.8, 4) is 0 Å². The number of aryl methyl sites for hydroxylation is 1. The molecule has 5 heterocycles. The first-order valence-electron chi connectivity index (χ1n) is 11.2. The van der Waals surface area contributed by atoms with Crippen LogP contribution in [-0.4, -0.2) is 83.0 Å². The van der Waals surface area contributed by atoms with Crippen molar-refractivity contribution < 1.29 is 19.1 Å². The Labute approximate surface area is 189 Å². The molecule has 0 saturated carbocycles. The molecule has 10 nitrogen and oxygen atoms in total. The molecule has 2 aliphatic rings. The summed E-state index contributed by atoms with van der Waals surface area (Å²) >= 11 is 0. The predicted molar refractivity (Wildman–Crippen MR) is 115 cm³/mol. The topological polar surface area (TPSA) is 109 Å². The standard InChI is InChI=1S/C22H26FN7O3/c23-22(15-31)4-1-7-27(11-5-22)21(33)18-12-16-14-28(8-3-10-29(16)26-18)20(32)17-13-25-30-9-2-6-24-19(17)30/h2,6,9,12-13,31H,1,3-5,7-8,10-11,14-15H2. The van der Waals surface area contributed by atoms with E-state index in [1.54, 1.807) is 43.5 Å². The van der Waals surface area contributed by atoms with Crippen molar-refractivity contribution in [3.63, 3.8) is 0 Å². The largest absolute Gasteiger partial charge is 0.393 e. The minimum atomic E-state index is -1.63. The Morgan fingerprint density at radius 2 is 1.94 bits per heavy atom. The summed E-state index contributed by atoms with van der Waals surface area (Å²) in [6.45, 7) is 1.61. The number of likely N-dealkylation sites (tertiary alicyclic amines) is 1. The summed E-state index contributed by atoms with van der Waals surface area (Å²) in [6, 6.07) is 3.47. The zero-order valence-electron chi connectivity index (χ0n) is 18.2. The Hall–Kier alpha value is -3.34. The Morgan fingerprint density at radius 1 is 1.09 bits per heavy atom. The summed E-state index contributed by atoms with van der Waals surface area (Å²) in [7, 11) is 0. The summed E-state index contributed by atoms with van der Waals surface area (Å²) in [5, 5.41) is 18.0. The molecule has 2 amide bonds. The van der Waals surface area contributed by atoms with Crippen molar-refractivity contribution in [1.29, 1.82) is 0 Å². The summed E-state index contributed by atoms with van der Waals surface area (Å²) < 4.78 is 17.9. The number of nitrogens with zero attached hydrogens (tertiary/aromatic N) is 7. The number of carbonyl (C=O) groups is 2. The Bertz CT molecular complexity index is 1190. The van der Waals surface area contributed by atoms with Crippen LogP contribution in [0.5, 0.6) is 0 Å². The van der Waals surface area contributed by atoms with E-state index in [-0.39, 0.29) is 31.2 Å². The van der Waals surface area contributed by atoms with Gasteiger partial charge < -0.3 is 14.9 Å². The smallest absolute Gasteiger partial charge is 0.274 e. The average Bonchev–Trinajstić information content (AvgIpc) is 3.31. The molecule has 0 aliphatic carbocycles. The van der Waals surface area contributed by atoms with Gasteiger partial charge in [0.05, 0.1) is 25.0 Å². The highest BCUT2D eigenvalue weighted by atomic mass is 19.1. The molecule has 33 heavy (non-hydrogen) atoms. The third-order valence-corrected chi connectivity index (χ3v) is 6.48. The molecule has 1 unspecified atom stereocenters. The molecule has 2 aliphatic heterocycles. The first kappa shape index (κ1) is 21.5. The second kappa shape index (κ2) is 8.54. The van der Waals surface area contributed by atoms with E-state index < -0.39 is 12.3 Å². The van der Waals surface area contributed by atoms with Gasteiger partial charge in [0.15, 0.2) is 11.3 Å². The molecule has 0 aromatic carbocycles. The number of carbonyl (C=O) groups excluding carboxylic acids is 2. The maximum absolute atomic E-state index is 14.5. The minimum absolute atomic E-state index is 0.110. The van der Waals surface area contributed by atoms with Crippen LogP contribution in [0, 0.1) is 0 Å². The lowest BCUT2D eigenvalue weighted by Crippen LogP contribution is -2.34. The molecule has 1 saturated heterocycles. The van der Waals surface area contributed by atoms with Gasteiger partial charge in [0.2, 0.25) is 0 Å². The second-order valence-electron chi connectivity index (χ2n) is 8.73. The van der Waals surface area contributed by atoms with E-state index in [9.17, 15) is 19.1 Å². The Kier molecular flexibility index (Phi) is 5.57. The lowest BCUT2D eigenvalue weighted by molar-refractivity contribution is 0.0543. The zero-order valence-corrected chi connectivity index (χ0v) is 18.2. The molecule has 1 atom stereocenters. The van der Waals surface area contributed by atoms with Crippen molar-refractivity contribution >= 4 is 17.5 Å². The number of aliphatic hydroxyl groups excluding tert-OH is 1. The van der Waals surface area contributed by atoms with E-state index in [0.29, 0.717) is 55.9 Å².